The minimum atomic E-state index is -0.0694. The van der Waals surface area contributed by atoms with Crippen molar-refractivity contribution in [3.8, 4) is 5.69 Å². The van der Waals surface area contributed by atoms with Crippen molar-refractivity contribution < 1.29 is 4.79 Å². The second-order valence-corrected chi connectivity index (χ2v) is 5.13. The average molecular weight is 272 g/mol. The van der Waals surface area contributed by atoms with E-state index in [4.69, 9.17) is 0 Å². The van der Waals surface area contributed by atoms with Crippen LogP contribution in [-0.2, 0) is 4.79 Å². The zero-order valence-corrected chi connectivity index (χ0v) is 10.9. The lowest BCUT2D eigenvalue weighted by atomic mass is 9.97. The lowest BCUT2D eigenvalue weighted by molar-refractivity contribution is -0.121. The number of hydrogen-bond donors (Lipinski definition) is 1. The van der Waals surface area contributed by atoms with Crippen LogP contribution in [0.5, 0.6) is 0 Å². The van der Waals surface area contributed by atoms with Crippen LogP contribution in [0.25, 0.3) is 5.69 Å². The largest absolute Gasteiger partial charge is 0.305 e. The number of hydrogen-bond acceptors (Lipinski definition) is 4. The molecule has 0 aromatic carbocycles. The van der Waals surface area contributed by atoms with E-state index in [-0.39, 0.29) is 11.8 Å². The van der Waals surface area contributed by atoms with Gasteiger partial charge < -0.3 is 4.57 Å². The van der Waals surface area contributed by atoms with Gasteiger partial charge in [0.2, 0.25) is 5.91 Å². The van der Waals surface area contributed by atoms with Crippen LogP contribution < -0.4 is 5.43 Å². The predicted octanol–water partition coefficient (Wildman–Crippen LogP) is 1.96. The molecule has 2 aromatic rings. The van der Waals surface area contributed by atoms with E-state index in [0.717, 1.165) is 16.3 Å². The molecule has 6 heteroatoms. The van der Waals surface area contributed by atoms with E-state index in [1.165, 1.54) is 0 Å². The van der Waals surface area contributed by atoms with Gasteiger partial charge in [0, 0.05) is 30.1 Å². The molecule has 3 rings (SSSR count). The Balaban J connectivity index is 1.94. The maximum atomic E-state index is 11.3. The summed E-state index contributed by atoms with van der Waals surface area (Å²) in [6.07, 6.45) is 7.56. The summed E-state index contributed by atoms with van der Waals surface area (Å²) >= 11 is 1.60. The fourth-order valence-corrected chi connectivity index (χ4v) is 2.93. The number of carbonyl (C=O) groups is 1. The van der Waals surface area contributed by atoms with Crippen LogP contribution in [0.1, 0.15) is 11.3 Å². The summed E-state index contributed by atoms with van der Waals surface area (Å²) in [5, 5.41) is 6.20. The van der Waals surface area contributed by atoms with Crippen molar-refractivity contribution in [1.82, 2.24) is 15.0 Å². The number of thiophene rings is 1. The molecule has 1 N–H and O–H groups in total. The Morgan fingerprint density at radius 3 is 3.21 bits per heavy atom. The first-order valence-electron chi connectivity index (χ1n) is 5.84. The van der Waals surface area contributed by atoms with Crippen molar-refractivity contribution in [1.29, 1.82) is 0 Å². The third-order valence-corrected chi connectivity index (χ3v) is 3.92. The smallest absolute Gasteiger partial charge is 0.241 e. The third kappa shape index (κ3) is 2.22. The Labute approximate surface area is 114 Å². The number of aromatic nitrogens is 2. The van der Waals surface area contributed by atoms with Crippen LogP contribution in [0.15, 0.2) is 47.9 Å². The van der Waals surface area contributed by atoms with Gasteiger partial charge in [0.1, 0.15) is 0 Å². The molecule has 0 aliphatic carbocycles. The molecule has 0 fully saturated rings. The highest BCUT2D eigenvalue weighted by atomic mass is 32.1. The molecule has 3 heterocycles. The van der Waals surface area contributed by atoms with Crippen molar-refractivity contribution in [3.05, 3.63) is 47.7 Å². The van der Waals surface area contributed by atoms with Gasteiger partial charge in [0.05, 0.1) is 22.6 Å². The number of nitrogens with one attached hydrogen (secondary N) is 1. The summed E-state index contributed by atoms with van der Waals surface area (Å²) in [6.45, 7) is 3.78. The van der Waals surface area contributed by atoms with E-state index >= 15 is 0 Å². The number of amides is 1. The molecule has 0 saturated carbocycles. The van der Waals surface area contributed by atoms with Crippen LogP contribution in [0.3, 0.4) is 0 Å². The van der Waals surface area contributed by atoms with Gasteiger partial charge >= 0.3 is 0 Å². The summed E-state index contributed by atoms with van der Waals surface area (Å²) in [5.41, 5.74) is 4.44. The third-order valence-electron chi connectivity index (χ3n) is 2.98. The van der Waals surface area contributed by atoms with E-state index in [2.05, 4.69) is 22.1 Å². The number of hydrazone groups is 1. The second-order valence-electron chi connectivity index (χ2n) is 4.22. The summed E-state index contributed by atoms with van der Waals surface area (Å²) in [4.78, 5) is 16.4. The van der Waals surface area contributed by atoms with E-state index in [9.17, 15) is 4.79 Å². The molecular formula is C13H12N4OS. The molecule has 0 bridgehead atoms. The normalized spacial score (nSPS) is 18.8. The molecule has 5 nitrogen and oxygen atoms in total. The lowest BCUT2D eigenvalue weighted by Crippen LogP contribution is -2.32. The first-order chi connectivity index (χ1) is 9.28. The van der Waals surface area contributed by atoms with Crippen molar-refractivity contribution in [3.63, 3.8) is 0 Å². The van der Waals surface area contributed by atoms with Crippen molar-refractivity contribution >= 4 is 23.0 Å². The van der Waals surface area contributed by atoms with Crippen molar-refractivity contribution in [2.24, 2.45) is 11.0 Å². The number of allylic oxidation sites excluding steroid dienone is 1. The van der Waals surface area contributed by atoms with Gasteiger partial charge in [-0.3, -0.25) is 4.79 Å². The fourth-order valence-electron chi connectivity index (χ4n) is 1.99. The lowest BCUT2D eigenvalue weighted by Gasteiger charge is -2.18. The molecule has 96 valence electrons. The Hall–Kier alpha value is -2.21. The SMILES string of the molecule is C=CC1CC(=O)NN=C1c1cc(-n2ccnc2)cs1. The maximum Gasteiger partial charge on any atom is 0.241 e. The van der Waals surface area contributed by atoms with Crippen LogP contribution in [0, 0.1) is 5.92 Å². The monoisotopic (exact) mass is 272 g/mol. The van der Waals surface area contributed by atoms with Gasteiger partial charge in [-0.05, 0) is 6.07 Å². The predicted molar refractivity (Wildman–Crippen MR) is 74.4 cm³/mol. The molecule has 0 saturated heterocycles. The van der Waals surface area contributed by atoms with E-state index in [1.807, 2.05) is 22.2 Å². The van der Waals surface area contributed by atoms with Gasteiger partial charge in [-0.25, -0.2) is 10.4 Å². The highest BCUT2D eigenvalue weighted by molar-refractivity contribution is 7.12. The molecule has 0 radical (unpaired) electrons. The first kappa shape index (κ1) is 11.9. The van der Waals surface area contributed by atoms with Crippen molar-refractivity contribution in [2.45, 2.75) is 6.42 Å². The number of rotatable bonds is 3. The minimum absolute atomic E-state index is 0.0250. The van der Waals surface area contributed by atoms with Gasteiger partial charge in [0.25, 0.3) is 0 Å². The van der Waals surface area contributed by atoms with Crippen LogP contribution in [0.4, 0.5) is 0 Å². The van der Waals surface area contributed by atoms with E-state index in [0.29, 0.717) is 6.42 Å². The molecule has 0 spiro atoms. The Morgan fingerprint density at radius 2 is 2.47 bits per heavy atom. The average Bonchev–Trinajstić information content (AvgIpc) is 3.09. The van der Waals surface area contributed by atoms with Gasteiger partial charge in [-0.1, -0.05) is 6.08 Å². The van der Waals surface area contributed by atoms with Crippen molar-refractivity contribution in [2.75, 3.05) is 0 Å². The summed E-state index contributed by atoms with van der Waals surface area (Å²) < 4.78 is 1.94. The highest BCUT2D eigenvalue weighted by Gasteiger charge is 2.24. The summed E-state index contributed by atoms with van der Waals surface area (Å²) in [5.74, 6) is -0.0944. The first-order valence-corrected chi connectivity index (χ1v) is 6.72. The highest BCUT2D eigenvalue weighted by Crippen LogP contribution is 2.25. The second kappa shape index (κ2) is 4.81. The minimum Gasteiger partial charge on any atom is -0.305 e. The van der Waals surface area contributed by atoms with Crippen LogP contribution in [0.2, 0.25) is 0 Å². The summed E-state index contributed by atoms with van der Waals surface area (Å²) in [7, 11) is 0. The van der Waals surface area contributed by atoms with E-state index < -0.39 is 0 Å². The molecule has 1 atom stereocenters. The molecular weight excluding hydrogens is 260 g/mol. The standard InChI is InChI=1S/C13H12N4OS/c1-2-9-5-12(18)15-16-13(9)11-6-10(7-19-11)17-4-3-14-8-17/h2-4,6-9H,1,5H2,(H,15,18). The number of carbonyl (C=O) groups excluding carboxylic acids is 1. The Morgan fingerprint density at radius 1 is 1.58 bits per heavy atom. The van der Waals surface area contributed by atoms with E-state index in [1.54, 1.807) is 29.9 Å². The molecule has 2 aromatic heterocycles. The van der Waals surface area contributed by atoms with Gasteiger partial charge in [-0.2, -0.15) is 5.10 Å². The zero-order valence-electron chi connectivity index (χ0n) is 10.1. The Bertz CT molecular complexity index is 641. The molecule has 1 unspecified atom stereocenters. The fraction of sp³-hybridized carbons (Fsp3) is 0.154. The molecule has 1 aliphatic heterocycles. The number of nitrogens with zero attached hydrogens (tertiary/aromatic N) is 3. The topological polar surface area (TPSA) is 59.3 Å². The molecule has 19 heavy (non-hydrogen) atoms. The summed E-state index contributed by atoms with van der Waals surface area (Å²) in [6, 6.07) is 2.04. The van der Waals surface area contributed by atoms with Gasteiger partial charge in [0.15, 0.2) is 0 Å². The molecule has 1 aliphatic rings. The van der Waals surface area contributed by atoms with Gasteiger partial charge in [-0.15, -0.1) is 17.9 Å². The van der Waals surface area contributed by atoms with Crippen LogP contribution in [-0.4, -0.2) is 21.2 Å². The molecule has 1 amide bonds. The number of imidazole rings is 1. The maximum absolute atomic E-state index is 11.3. The quantitative estimate of drug-likeness (QED) is 0.868. The zero-order chi connectivity index (χ0) is 13.2. The van der Waals surface area contributed by atoms with Crippen LogP contribution >= 0.6 is 11.3 Å². The Kier molecular flexibility index (Phi) is 3.00.